The van der Waals surface area contributed by atoms with Gasteiger partial charge >= 0.3 is 0 Å². The number of allylic oxidation sites excluding steroid dienone is 1. The van der Waals surface area contributed by atoms with E-state index in [1.165, 1.54) is 4.57 Å². The van der Waals surface area contributed by atoms with Crippen molar-refractivity contribution in [1.82, 2.24) is 4.57 Å². The summed E-state index contributed by atoms with van der Waals surface area (Å²) < 4.78 is 8.09. The fourth-order valence-corrected chi connectivity index (χ4v) is 7.45. The van der Waals surface area contributed by atoms with Crippen molar-refractivity contribution in [1.29, 1.82) is 0 Å². The van der Waals surface area contributed by atoms with Gasteiger partial charge < -0.3 is 15.0 Å². The lowest BCUT2D eigenvalue weighted by Gasteiger charge is -2.25. The molecule has 4 aromatic carbocycles. The summed E-state index contributed by atoms with van der Waals surface area (Å²) in [6.45, 7) is 2.12. The van der Waals surface area contributed by atoms with Gasteiger partial charge in [-0.1, -0.05) is 87.9 Å². The topological polar surface area (TPSA) is 93.0 Å². The average Bonchev–Trinajstić information content (AvgIpc) is 3.52. The van der Waals surface area contributed by atoms with Crippen LogP contribution in [0.3, 0.4) is 0 Å². The van der Waals surface area contributed by atoms with Gasteiger partial charge in [-0.3, -0.25) is 19.0 Å². The van der Waals surface area contributed by atoms with Gasteiger partial charge in [-0.2, -0.15) is 0 Å². The van der Waals surface area contributed by atoms with E-state index in [1.807, 2.05) is 91.0 Å². The fourth-order valence-electron chi connectivity index (χ4n) is 5.95. The van der Waals surface area contributed by atoms with Crippen LogP contribution in [0.25, 0.3) is 5.57 Å². The Hall–Kier alpha value is -5.06. The van der Waals surface area contributed by atoms with Crippen molar-refractivity contribution in [3.8, 4) is 5.75 Å². The number of rotatable bonds is 6. The highest BCUT2D eigenvalue weighted by Crippen LogP contribution is 2.38. The van der Waals surface area contributed by atoms with Crippen molar-refractivity contribution in [2.45, 2.75) is 19.5 Å². The van der Waals surface area contributed by atoms with E-state index in [4.69, 9.17) is 9.73 Å². The number of fused-ring (bicyclic) bond motifs is 2. The molecular formula is C36H27BrN4O4S. The predicted octanol–water partition coefficient (Wildman–Crippen LogP) is 5.56. The standard InChI is InChI=1S/C36H27BrN4O4S/c1-21-29(33(42)39-25-13-7-4-8-14-25)31(23-12-9-15-26(18-23)45-2)41-35(44)32(46-36(41)38-21)30-27-19-24(37)16-17-28(27)40(34(30)43)20-22-10-5-3-6-11-22/h3-19,31H,20H2,1-2H3,(H,39,42)/b32-30-/t31-/m1/s1. The van der Waals surface area contributed by atoms with Gasteiger partial charge in [0.25, 0.3) is 17.4 Å². The number of carbonyl (C=O) groups is 2. The second kappa shape index (κ2) is 12.0. The zero-order valence-electron chi connectivity index (χ0n) is 24.9. The summed E-state index contributed by atoms with van der Waals surface area (Å²) in [5.41, 5.74) is 4.37. The SMILES string of the molecule is COc1cccc([C@@H]2C(C(=O)Nc3ccccc3)=C(C)N=c3s/c(=C4\C(=O)N(Cc5ccccc5)c5ccc(Br)cc54)c(=O)n32)c1. The maximum atomic E-state index is 14.6. The van der Waals surface area contributed by atoms with E-state index in [2.05, 4.69) is 21.2 Å². The summed E-state index contributed by atoms with van der Waals surface area (Å²) in [4.78, 5) is 49.6. The van der Waals surface area contributed by atoms with Crippen molar-refractivity contribution < 1.29 is 14.3 Å². The van der Waals surface area contributed by atoms with Crippen molar-refractivity contribution in [2.75, 3.05) is 17.3 Å². The third-order valence-electron chi connectivity index (χ3n) is 8.07. The zero-order chi connectivity index (χ0) is 31.9. The van der Waals surface area contributed by atoms with Crippen LogP contribution in [0.2, 0.25) is 0 Å². The van der Waals surface area contributed by atoms with Crippen LogP contribution >= 0.6 is 27.3 Å². The van der Waals surface area contributed by atoms with E-state index < -0.39 is 11.6 Å². The largest absolute Gasteiger partial charge is 0.497 e. The monoisotopic (exact) mass is 690 g/mol. The second-order valence-corrected chi connectivity index (χ2v) is 12.8. The first-order valence-electron chi connectivity index (χ1n) is 14.5. The number of methoxy groups -OCH3 is 1. The number of anilines is 2. The molecule has 7 rings (SSSR count). The fraction of sp³-hybridized carbons (Fsp3) is 0.111. The molecule has 0 radical (unpaired) electrons. The number of hydrogen-bond donors (Lipinski definition) is 1. The number of amides is 2. The number of aromatic nitrogens is 1. The zero-order valence-corrected chi connectivity index (χ0v) is 27.3. The minimum Gasteiger partial charge on any atom is -0.497 e. The van der Waals surface area contributed by atoms with E-state index in [-0.39, 0.29) is 16.3 Å². The Balaban J connectivity index is 1.43. The first-order chi connectivity index (χ1) is 22.3. The van der Waals surface area contributed by atoms with E-state index in [0.717, 1.165) is 27.1 Å². The summed E-state index contributed by atoms with van der Waals surface area (Å²) in [7, 11) is 1.57. The van der Waals surface area contributed by atoms with Crippen LogP contribution in [0.1, 0.15) is 29.7 Å². The van der Waals surface area contributed by atoms with Gasteiger partial charge in [-0.15, -0.1) is 0 Å². The molecule has 0 bridgehead atoms. The summed E-state index contributed by atoms with van der Waals surface area (Å²) in [5, 5.41) is 2.97. The number of benzene rings is 4. The highest BCUT2D eigenvalue weighted by Gasteiger charge is 2.37. The van der Waals surface area contributed by atoms with Crippen molar-refractivity contribution in [2.24, 2.45) is 4.99 Å². The Bertz CT molecular complexity index is 2240. The van der Waals surface area contributed by atoms with Crippen LogP contribution in [0, 0.1) is 0 Å². The van der Waals surface area contributed by atoms with Gasteiger partial charge in [0.1, 0.15) is 10.3 Å². The third kappa shape index (κ3) is 5.19. The summed E-state index contributed by atoms with van der Waals surface area (Å²) in [6, 6.07) is 31.0. The Morgan fingerprint density at radius 3 is 2.43 bits per heavy atom. The summed E-state index contributed by atoms with van der Waals surface area (Å²) in [5.74, 6) is -0.0578. The van der Waals surface area contributed by atoms with E-state index in [9.17, 15) is 14.4 Å². The Morgan fingerprint density at radius 1 is 0.957 bits per heavy atom. The smallest absolute Gasteiger partial charge is 0.271 e. The number of hydrogen-bond acceptors (Lipinski definition) is 6. The molecule has 0 unspecified atom stereocenters. The molecule has 3 heterocycles. The molecule has 0 saturated heterocycles. The third-order valence-corrected chi connectivity index (χ3v) is 9.62. The van der Waals surface area contributed by atoms with Gasteiger partial charge in [-0.05, 0) is 60.5 Å². The number of para-hydroxylation sites is 1. The minimum atomic E-state index is -0.816. The maximum absolute atomic E-state index is 14.6. The minimum absolute atomic E-state index is 0.266. The van der Waals surface area contributed by atoms with Gasteiger partial charge in [0.05, 0.1) is 42.2 Å². The Kier molecular flexibility index (Phi) is 7.75. The number of nitrogens with zero attached hydrogens (tertiary/aromatic N) is 3. The molecular weight excluding hydrogens is 664 g/mol. The highest BCUT2D eigenvalue weighted by atomic mass is 79.9. The van der Waals surface area contributed by atoms with E-state index >= 15 is 0 Å². The molecule has 8 nitrogen and oxygen atoms in total. The molecule has 5 aromatic rings. The molecule has 1 aromatic heterocycles. The van der Waals surface area contributed by atoms with Gasteiger partial charge in [0.15, 0.2) is 4.80 Å². The van der Waals surface area contributed by atoms with E-state index in [1.54, 1.807) is 31.1 Å². The molecule has 2 amide bonds. The molecule has 0 spiro atoms. The van der Waals surface area contributed by atoms with Crippen LogP contribution in [-0.4, -0.2) is 23.5 Å². The van der Waals surface area contributed by atoms with Crippen LogP contribution in [0.15, 0.2) is 129 Å². The predicted molar refractivity (Wildman–Crippen MR) is 183 cm³/mol. The molecule has 46 heavy (non-hydrogen) atoms. The Morgan fingerprint density at radius 2 is 1.70 bits per heavy atom. The van der Waals surface area contributed by atoms with Crippen molar-refractivity contribution >= 4 is 56.0 Å². The first kappa shape index (κ1) is 29.6. The van der Waals surface area contributed by atoms with Crippen LogP contribution in [-0.2, 0) is 16.1 Å². The summed E-state index contributed by atoms with van der Waals surface area (Å²) in [6.07, 6.45) is 0. The summed E-state index contributed by atoms with van der Waals surface area (Å²) >= 11 is 4.71. The number of ether oxygens (including phenoxy) is 1. The number of thiazole rings is 1. The van der Waals surface area contributed by atoms with Gasteiger partial charge in [-0.25, -0.2) is 4.99 Å². The first-order valence-corrected chi connectivity index (χ1v) is 16.2. The lowest BCUT2D eigenvalue weighted by atomic mass is 9.95. The molecule has 2 aliphatic heterocycles. The molecule has 1 N–H and O–H groups in total. The normalized spacial score (nSPS) is 16.5. The van der Waals surface area contributed by atoms with Crippen molar-refractivity contribution in [3.05, 3.63) is 155 Å². The molecule has 2 aliphatic rings. The van der Waals surface area contributed by atoms with Gasteiger partial charge in [0.2, 0.25) is 0 Å². The Labute approximate surface area is 276 Å². The average molecular weight is 692 g/mol. The molecule has 10 heteroatoms. The van der Waals surface area contributed by atoms with Crippen LogP contribution in [0.4, 0.5) is 11.4 Å². The molecule has 0 saturated carbocycles. The number of halogens is 1. The molecule has 0 fully saturated rings. The second-order valence-electron chi connectivity index (χ2n) is 10.9. The lowest BCUT2D eigenvalue weighted by molar-refractivity contribution is -0.114. The van der Waals surface area contributed by atoms with Crippen molar-refractivity contribution in [3.63, 3.8) is 0 Å². The van der Waals surface area contributed by atoms with Crippen LogP contribution in [0.5, 0.6) is 5.75 Å². The maximum Gasteiger partial charge on any atom is 0.271 e. The van der Waals surface area contributed by atoms with E-state index in [0.29, 0.717) is 50.8 Å². The van der Waals surface area contributed by atoms with Crippen LogP contribution < -0.4 is 29.8 Å². The van der Waals surface area contributed by atoms with Gasteiger partial charge in [0, 0.05) is 15.7 Å². The lowest BCUT2D eigenvalue weighted by Crippen LogP contribution is -2.41. The highest BCUT2D eigenvalue weighted by molar-refractivity contribution is 9.10. The quantitative estimate of drug-likeness (QED) is 0.253. The molecule has 0 aliphatic carbocycles. The molecule has 228 valence electrons. The number of carbonyl (C=O) groups excluding carboxylic acids is 2. The molecule has 1 atom stereocenters. The number of nitrogens with one attached hydrogen (secondary N) is 1.